The van der Waals surface area contributed by atoms with E-state index in [1.807, 2.05) is 15.7 Å². The molecule has 0 unspecified atom stereocenters. The van der Waals surface area contributed by atoms with Crippen molar-refractivity contribution in [2.45, 2.75) is 64.6 Å². The van der Waals surface area contributed by atoms with Crippen molar-refractivity contribution >= 4 is 34.9 Å². The Morgan fingerprint density at radius 2 is 1.84 bits per heavy atom. The van der Waals surface area contributed by atoms with Crippen LogP contribution in [0.4, 0.5) is 27.9 Å². The molecule has 2 amide bonds. The monoisotopic (exact) mass is 503 g/mol. The number of aromatic nitrogens is 2. The van der Waals surface area contributed by atoms with Gasteiger partial charge < -0.3 is 15.5 Å². The van der Waals surface area contributed by atoms with E-state index in [1.54, 1.807) is 0 Å². The number of hydrogen-bond donors (Lipinski definition) is 2. The van der Waals surface area contributed by atoms with Crippen LogP contribution in [0.15, 0.2) is 30.5 Å². The lowest BCUT2D eigenvalue weighted by atomic mass is 10.1. The van der Waals surface area contributed by atoms with Crippen LogP contribution >= 0.6 is 0 Å². The van der Waals surface area contributed by atoms with Gasteiger partial charge in [-0.1, -0.05) is 0 Å². The molecule has 4 aliphatic rings. The molecular weight excluding hydrogens is 464 g/mol. The first-order valence-electron chi connectivity index (χ1n) is 13.9. The third-order valence-corrected chi connectivity index (χ3v) is 8.36. The average molecular weight is 504 g/mol. The maximum absolute atomic E-state index is 13.7. The molecule has 1 aliphatic carbocycles. The number of piperazine rings is 1. The van der Waals surface area contributed by atoms with Crippen LogP contribution in [0.5, 0.6) is 0 Å². The second-order valence-corrected chi connectivity index (χ2v) is 11.0. The van der Waals surface area contributed by atoms with Crippen molar-refractivity contribution in [2.75, 3.05) is 54.4 Å². The zero-order chi connectivity index (χ0) is 25.4. The van der Waals surface area contributed by atoms with Crippen molar-refractivity contribution in [3.8, 4) is 0 Å². The number of carbonyl (C=O) groups is 1. The van der Waals surface area contributed by atoms with Crippen LogP contribution < -0.4 is 20.4 Å². The van der Waals surface area contributed by atoms with Crippen molar-refractivity contribution in [3.05, 3.63) is 36.0 Å². The summed E-state index contributed by atoms with van der Waals surface area (Å²) in [6.07, 6.45) is 7.22. The third kappa shape index (κ3) is 4.94. The molecule has 4 heterocycles. The normalized spacial score (nSPS) is 23.3. The Kier molecular flexibility index (Phi) is 6.82. The summed E-state index contributed by atoms with van der Waals surface area (Å²) in [7, 11) is 0. The van der Waals surface area contributed by atoms with Gasteiger partial charge in [-0.25, -0.2) is 4.98 Å². The first kappa shape index (κ1) is 24.3. The molecular formula is C28H39N8O+. The fraction of sp³-hybridized carbons (Fsp3) is 0.571. The smallest absolute Gasteiger partial charge is 0.369 e. The van der Waals surface area contributed by atoms with E-state index in [4.69, 9.17) is 4.98 Å². The minimum atomic E-state index is 0.0738. The van der Waals surface area contributed by atoms with Gasteiger partial charge in [-0.3, -0.25) is 4.90 Å². The number of hydrogen-bond acceptors (Lipinski definition) is 7. The first-order chi connectivity index (χ1) is 18.1. The minimum absolute atomic E-state index is 0.0738. The molecule has 37 heavy (non-hydrogen) atoms. The minimum Gasteiger partial charge on any atom is -0.369 e. The SMILES string of the molecule is CC(C)N1CCN(c2ccc(Nc3ncc4c(n3)N(C3CCCC3)C(=O)/[N+](=C3\CCNC3)C4)cc2)CC1. The molecule has 2 saturated heterocycles. The number of nitrogens with one attached hydrogen (secondary N) is 2. The predicted molar refractivity (Wildman–Crippen MR) is 147 cm³/mol. The van der Waals surface area contributed by atoms with E-state index in [9.17, 15) is 4.79 Å². The summed E-state index contributed by atoms with van der Waals surface area (Å²) in [4.78, 5) is 30.2. The number of anilines is 4. The summed E-state index contributed by atoms with van der Waals surface area (Å²) >= 11 is 0. The van der Waals surface area contributed by atoms with E-state index in [-0.39, 0.29) is 12.1 Å². The number of amides is 2. The molecule has 6 rings (SSSR count). The van der Waals surface area contributed by atoms with Gasteiger partial charge in [-0.2, -0.15) is 19.3 Å². The number of carbonyl (C=O) groups excluding carboxylic acids is 1. The highest BCUT2D eigenvalue weighted by molar-refractivity contribution is 5.95. The zero-order valence-corrected chi connectivity index (χ0v) is 22.1. The molecule has 0 bridgehead atoms. The molecule has 1 saturated carbocycles. The molecule has 1 aromatic carbocycles. The summed E-state index contributed by atoms with van der Waals surface area (Å²) < 4.78 is 1.96. The van der Waals surface area contributed by atoms with Crippen molar-refractivity contribution in [2.24, 2.45) is 0 Å². The maximum Gasteiger partial charge on any atom is 0.500 e. The molecule has 1 aromatic heterocycles. The van der Waals surface area contributed by atoms with Gasteiger partial charge in [0, 0.05) is 62.8 Å². The van der Waals surface area contributed by atoms with Crippen LogP contribution in [0.1, 0.15) is 51.5 Å². The van der Waals surface area contributed by atoms with Gasteiger partial charge >= 0.3 is 6.03 Å². The van der Waals surface area contributed by atoms with E-state index in [0.717, 1.165) is 88.4 Å². The van der Waals surface area contributed by atoms with Gasteiger partial charge in [-0.15, -0.1) is 0 Å². The third-order valence-electron chi connectivity index (χ3n) is 8.36. The second-order valence-electron chi connectivity index (χ2n) is 11.0. The van der Waals surface area contributed by atoms with Crippen LogP contribution in [-0.4, -0.2) is 82.5 Å². The Morgan fingerprint density at radius 3 is 2.51 bits per heavy atom. The van der Waals surface area contributed by atoms with Crippen molar-refractivity contribution in [3.63, 3.8) is 0 Å². The van der Waals surface area contributed by atoms with Gasteiger partial charge in [-0.05, 0) is 63.8 Å². The summed E-state index contributed by atoms with van der Waals surface area (Å²) in [5.74, 6) is 1.31. The topological polar surface area (TPSA) is 79.6 Å². The van der Waals surface area contributed by atoms with Crippen LogP contribution in [0.3, 0.4) is 0 Å². The zero-order valence-electron chi connectivity index (χ0n) is 22.1. The highest BCUT2D eigenvalue weighted by Crippen LogP contribution is 2.34. The van der Waals surface area contributed by atoms with Gasteiger partial charge in [0.25, 0.3) is 0 Å². The molecule has 2 N–H and O–H groups in total. The molecule has 9 heteroatoms. The van der Waals surface area contributed by atoms with Crippen molar-refractivity contribution < 1.29 is 9.37 Å². The summed E-state index contributed by atoms with van der Waals surface area (Å²) in [5.41, 5.74) is 4.39. The summed E-state index contributed by atoms with van der Waals surface area (Å²) in [6, 6.07) is 9.42. The second kappa shape index (κ2) is 10.4. The van der Waals surface area contributed by atoms with Crippen molar-refractivity contribution in [1.82, 2.24) is 20.2 Å². The number of nitrogens with zero attached hydrogens (tertiary/aromatic N) is 6. The quantitative estimate of drug-likeness (QED) is 0.604. The highest BCUT2D eigenvalue weighted by Gasteiger charge is 2.45. The van der Waals surface area contributed by atoms with E-state index < -0.39 is 0 Å². The van der Waals surface area contributed by atoms with Gasteiger partial charge in [0.15, 0.2) is 0 Å². The van der Waals surface area contributed by atoms with Crippen LogP contribution in [0.25, 0.3) is 0 Å². The summed E-state index contributed by atoms with van der Waals surface area (Å²) in [6.45, 7) is 11.1. The van der Waals surface area contributed by atoms with Crippen LogP contribution in [0, 0.1) is 0 Å². The molecule has 9 nitrogen and oxygen atoms in total. The fourth-order valence-electron chi connectivity index (χ4n) is 6.14. The standard InChI is InChI=1S/C28H39N8O/c1-20(2)33-13-15-34(16-14-33)23-9-7-22(8-10-23)31-27-30-17-21-19-35(25-11-12-29-18-25)28(37)36(26(21)32-27)24-5-3-4-6-24/h7-10,17,20,24,29H,3-6,11-16,18-19H2,1-2H3,(H,30,31,32)/q+1/b35-25+. The van der Waals surface area contributed by atoms with Gasteiger partial charge in [0.1, 0.15) is 12.6 Å². The van der Waals surface area contributed by atoms with Gasteiger partial charge in [0.2, 0.25) is 11.8 Å². The molecule has 196 valence electrons. The van der Waals surface area contributed by atoms with E-state index >= 15 is 0 Å². The lowest BCUT2D eigenvalue weighted by molar-refractivity contribution is -0.447. The molecule has 2 aromatic rings. The number of rotatable bonds is 5. The molecule has 0 atom stereocenters. The Morgan fingerprint density at radius 1 is 1.08 bits per heavy atom. The number of fused-ring (bicyclic) bond motifs is 1. The lowest BCUT2D eigenvalue weighted by Crippen LogP contribution is -2.49. The van der Waals surface area contributed by atoms with E-state index in [1.165, 1.54) is 11.4 Å². The molecule has 0 radical (unpaired) electrons. The number of urea groups is 1. The largest absolute Gasteiger partial charge is 0.500 e. The van der Waals surface area contributed by atoms with Crippen LogP contribution in [-0.2, 0) is 6.54 Å². The fourth-order valence-corrected chi connectivity index (χ4v) is 6.14. The number of benzene rings is 1. The van der Waals surface area contributed by atoms with Crippen molar-refractivity contribution in [1.29, 1.82) is 0 Å². The molecule has 3 fully saturated rings. The molecule has 0 spiro atoms. The van der Waals surface area contributed by atoms with Crippen LogP contribution in [0.2, 0.25) is 0 Å². The molecule has 3 aliphatic heterocycles. The Balaban J connectivity index is 1.21. The Hall–Kier alpha value is -3.04. The summed E-state index contributed by atoms with van der Waals surface area (Å²) in [5, 5.41) is 6.75. The maximum atomic E-state index is 13.7. The van der Waals surface area contributed by atoms with E-state index in [0.29, 0.717) is 18.5 Å². The lowest BCUT2D eigenvalue weighted by Gasteiger charge is -2.38. The Bertz CT molecular complexity index is 1160. The Labute approximate surface area is 219 Å². The first-order valence-corrected chi connectivity index (χ1v) is 13.9. The highest BCUT2D eigenvalue weighted by atomic mass is 16.2. The van der Waals surface area contributed by atoms with Gasteiger partial charge in [0.05, 0.1) is 17.8 Å². The average Bonchev–Trinajstić information content (AvgIpc) is 3.64. The van der Waals surface area contributed by atoms with E-state index in [2.05, 4.69) is 63.5 Å². The predicted octanol–water partition coefficient (Wildman–Crippen LogP) is 3.58.